The van der Waals surface area contributed by atoms with Gasteiger partial charge in [0.1, 0.15) is 5.75 Å². The zero-order valence-electron chi connectivity index (χ0n) is 23.3. The highest BCUT2D eigenvalue weighted by molar-refractivity contribution is 5.89. The maximum atomic E-state index is 11.7. The second-order valence-corrected chi connectivity index (χ2v) is 10.4. The Hall–Kier alpha value is -1.95. The van der Waals surface area contributed by atoms with Crippen molar-refractivity contribution in [1.82, 2.24) is 0 Å². The number of hydrogen-bond acceptors (Lipinski definition) is 3. The van der Waals surface area contributed by atoms with Gasteiger partial charge < -0.3 is 9.84 Å². The molecule has 1 aromatic carbocycles. The minimum absolute atomic E-state index is 0.188. The molecule has 0 saturated heterocycles. The number of phenols is 1. The molecular weight excluding hydrogens is 444 g/mol. The molecular formula is C33H54O3. The molecule has 3 nitrogen and oxygen atoms in total. The van der Waals surface area contributed by atoms with Gasteiger partial charge in [-0.15, -0.1) is 0 Å². The Morgan fingerprint density at radius 3 is 1.36 bits per heavy atom. The SMILES string of the molecule is CCCCCCCCCCCCCCCCCCCCCCCCOC(=O)C#Cc1ccc(O)cc1. The summed E-state index contributed by atoms with van der Waals surface area (Å²) < 4.78 is 5.17. The van der Waals surface area contributed by atoms with Gasteiger partial charge in [-0.25, -0.2) is 4.79 Å². The van der Waals surface area contributed by atoms with Crippen molar-refractivity contribution in [2.75, 3.05) is 6.61 Å². The Kier molecular flexibility index (Phi) is 22.0. The molecule has 0 spiro atoms. The quantitative estimate of drug-likeness (QED) is 0.0927. The second-order valence-electron chi connectivity index (χ2n) is 10.4. The minimum Gasteiger partial charge on any atom is -0.508 e. The van der Waals surface area contributed by atoms with Crippen LogP contribution < -0.4 is 0 Å². The number of ether oxygens (including phenoxy) is 1. The first-order valence-corrected chi connectivity index (χ1v) is 15.2. The molecule has 0 aliphatic heterocycles. The maximum absolute atomic E-state index is 11.7. The number of esters is 1. The van der Waals surface area contributed by atoms with Crippen molar-refractivity contribution < 1.29 is 14.6 Å². The first-order valence-electron chi connectivity index (χ1n) is 15.2. The lowest BCUT2D eigenvalue weighted by Crippen LogP contribution is -2.02. The van der Waals surface area contributed by atoms with E-state index in [4.69, 9.17) is 4.74 Å². The largest absolute Gasteiger partial charge is 0.508 e. The molecule has 0 atom stereocenters. The van der Waals surface area contributed by atoms with Crippen molar-refractivity contribution in [2.45, 2.75) is 148 Å². The lowest BCUT2D eigenvalue weighted by Gasteiger charge is -2.04. The van der Waals surface area contributed by atoms with Gasteiger partial charge in [-0.3, -0.25) is 0 Å². The van der Waals surface area contributed by atoms with E-state index in [1.807, 2.05) is 0 Å². The van der Waals surface area contributed by atoms with Gasteiger partial charge in [0.2, 0.25) is 0 Å². The first kappa shape index (κ1) is 32.1. The van der Waals surface area contributed by atoms with E-state index in [2.05, 4.69) is 18.8 Å². The molecule has 0 heterocycles. The molecule has 36 heavy (non-hydrogen) atoms. The highest BCUT2D eigenvalue weighted by Gasteiger charge is 1.98. The van der Waals surface area contributed by atoms with E-state index in [9.17, 15) is 9.90 Å². The summed E-state index contributed by atoms with van der Waals surface area (Å²) in [6, 6.07) is 6.46. The monoisotopic (exact) mass is 498 g/mol. The molecule has 0 aromatic heterocycles. The Bertz CT molecular complexity index is 683. The number of unbranched alkanes of at least 4 members (excludes halogenated alkanes) is 21. The molecule has 0 fully saturated rings. The normalized spacial score (nSPS) is 10.7. The molecule has 0 amide bonds. The van der Waals surface area contributed by atoms with Crippen molar-refractivity contribution in [3.8, 4) is 17.6 Å². The molecule has 1 rings (SSSR count). The number of carbonyl (C=O) groups is 1. The zero-order valence-corrected chi connectivity index (χ0v) is 23.3. The van der Waals surface area contributed by atoms with Gasteiger partial charge in [-0.2, -0.15) is 0 Å². The van der Waals surface area contributed by atoms with Crippen LogP contribution in [0.1, 0.15) is 154 Å². The van der Waals surface area contributed by atoms with Crippen LogP contribution in [0.15, 0.2) is 24.3 Å². The van der Waals surface area contributed by atoms with Gasteiger partial charge in [0, 0.05) is 11.5 Å². The van der Waals surface area contributed by atoms with E-state index < -0.39 is 5.97 Å². The first-order chi connectivity index (χ1) is 17.7. The third kappa shape index (κ3) is 21.3. The fourth-order valence-electron chi connectivity index (χ4n) is 4.58. The van der Waals surface area contributed by atoms with Gasteiger partial charge in [-0.1, -0.05) is 148 Å². The highest BCUT2D eigenvalue weighted by atomic mass is 16.5. The Labute approximate surface area is 222 Å². The Morgan fingerprint density at radius 2 is 0.972 bits per heavy atom. The third-order valence-electron chi connectivity index (χ3n) is 6.91. The molecule has 1 aromatic rings. The molecule has 204 valence electrons. The van der Waals surface area contributed by atoms with Gasteiger partial charge >= 0.3 is 5.97 Å². The predicted octanol–water partition coefficient (Wildman–Crippen LogP) is 9.89. The number of hydrogen-bond donors (Lipinski definition) is 1. The van der Waals surface area contributed by atoms with Crippen molar-refractivity contribution in [2.24, 2.45) is 0 Å². The third-order valence-corrected chi connectivity index (χ3v) is 6.91. The molecule has 0 saturated carbocycles. The lowest BCUT2D eigenvalue weighted by atomic mass is 10.0. The number of carbonyl (C=O) groups excluding carboxylic acids is 1. The fraction of sp³-hybridized carbons (Fsp3) is 0.727. The lowest BCUT2D eigenvalue weighted by molar-refractivity contribution is -0.136. The van der Waals surface area contributed by atoms with Crippen LogP contribution >= 0.6 is 0 Å². The smallest absolute Gasteiger partial charge is 0.384 e. The molecule has 0 bridgehead atoms. The van der Waals surface area contributed by atoms with Gasteiger partial charge in [0.15, 0.2) is 0 Å². The van der Waals surface area contributed by atoms with Crippen LogP contribution in [0.5, 0.6) is 5.75 Å². The van der Waals surface area contributed by atoms with E-state index in [-0.39, 0.29) is 5.75 Å². The van der Waals surface area contributed by atoms with Crippen LogP contribution in [0.4, 0.5) is 0 Å². The number of benzene rings is 1. The van der Waals surface area contributed by atoms with Crippen molar-refractivity contribution in [1.29, 1.82) is 0 Å². The Balaban J connectivity index is 1.74. The van der Waals surface area contributed by atoms with Crippen LogP contribution in [-0.2, 0) is 9.53 Å². The van der Waals surface area contributed by atoms with E-state index in [1.54, 1.807) is 24.3 Å². The van der Waals surface area contributed by atoms with Crippen molar-refractivity contribution in [3.05, 3.63) is 29.8 Å². The Morgan fingerprint density at radius 1 is 0.611 bits per heavy atom. The predicted molar refractivity (Wildman–Crippen MR) is 153 cm³/mol. The highest BCUT2D eigenvalue weighted by Crippen LogP contribution is 2.15. The summed E-state index contributed by atoms with van der Waals surface area (Å²) in [5.41, 5.74) is 0.689. The minimum atomic E-state index is -0.480. The molecule has 0 aliphatic rings. The van der Waals surface area contributed by atoms with E-state index >= 15 is 0 Å². The average Bonchev–Trinajstić information content (AvgIpc) is 2.88. The maximum Gasteiger partial charge on any atom is 0.384 e. The fourth-order valence-corrected chi connectivity index (χ4v) is 4.58. The summed E-state index contributed by atoms with van der Waals surface area (Å²) in [5, 5.41) is 9.24. The summed E-state index contributed by atoms with van der Waals surface area (Å²) in [4.78, 5) is 11.7. The molecule has 0 unspecified atom stereocenters. The van der Waals surface area contributed by atoms with Gasteiger partial charge in [0.05, 0.1) is 6.61 Å². The summed E-state index contributed by atoms with van der Waals surface area (Å²) in [5.74, 6) is 4.95. The van der Waals surface area contributed by atoms with Crippen molar-refractivity contribution >= 4 is 5.97 Å². The van der Waals surface area contributed by atoms with Gasteiger partial charge in [-0.05, 0) is 30.7 Å². The summed E-state index contributed by atoms with van der Waals surface area (Å²) >= 11 is 0. The topological polar surface area (TPSA) is 46.5 Å². The summed E-state index contributed by atoms with van der Waals surface area (Å²) in [6.07, 6.45) is 30.1. The molecule has 0 aliphatic carbocycles. The average molecular weight is 499 g/mol. The van der Waals surface area contributed by atoms with Crippen LogP contribution in [0.3, 0.4) is 0 Å². The summed E-state index contributed by atoms with van der Waals surface area (Å²) in [7, 11) is 0. The van der Waals surface area contributed by atoms with Crippen LogP contribution in [0.2, 0.25) is 0 Å². The molecule has 0 radical (unpaired) electrons. The van der Waals surface area contributed by atoms with E-state index in [0.29, 0.717) is 12.2 Å². The van der Waals surface area contributed by atoms with Crippen molar-refractivity contribution in [3.63, 3.8) is 0 Å². The van der Waals surface area contributed by atoms with E-state index in [0.717, 1.165) is 12.8 Å². The standard InChI is InChI=1S/C33H54O3/c1-2-3-4-5-6-7-8-9-10-11-12-13-14-15-16-17-18-19-20-21-22-23-30-36-33(35)29-26-31-24-27-32(34)28-25-31/h24-25,27-28,34H,2-23,30H2,1H3. The van der Waals surface area contributed by atoms with Crippen LogP contribution in [0.25, 0.3) is 0 Å². The summed E-state index contributed by atoms with van der Waals surface area (Å²) in [6.45, 7) is 2.74. The zero-order chi connectivity index (χ0) is 25.9. The van der Waals surface area contributed by atoms with E-state index in [1.165, 1.54) is 128 Å². The van der Waals surface area contributed by atoms with Crippen LogP contribution in [0, 0.1) is 11.8 Å². The molecule has 1 N–H and O–H groups in total. The number of rotatable bonds is 23. The van der Waals surface area contributed by atoms with Gasteiger partial charge in [0.25, 0.3) is 0 Å². The number of phenolic OH excluding ortho intramolecular Hbond substituents is 1. The number of aromatic hydroxyl groups is 1. The van der Waals surface area contributed by atoms with Crippen LogP contribution in [-0.4, -0.2) is 17.7 Å². The second kappa shape index (κ2) is 24.7. The molecule has 3 heteroatoms.